The van der Waals surface area contributed by atoms with E-state index < -0.39 is 0 Å². The molecule has 130 valence electrons. The van der Waals surface area contributed by atoms with Crippen LogP contribution in [0.4, 0.5) is 11.4 Å². The molecule has 2 aromatic rings. The molecule has 0 unspecified atom stereocenters. The number of rotatable bonds is 3. The lowest BCUT2D eigenvalue weighted by molar-refractivity contribution is 0.0303. The third-order valence-electron chi connectivity index (χ3n) is 4.00. The maximum absolute atomic E-state index is 12.4. The van der Waals surface area contributed by atoms with Gasteiger partial charge in [0.2, 0.25) is 0 Å². The van der Waals surface area contributed by atoms with Crippen LogP contribution in [-0.4, -0.2) is 42.2 Å². The number of thiocarbonyl (C=S) groups is 1. The molecule has 0 aliphatic carbocycles. The molecule has 5 nitrogen and oxygen atoms in total. The molecule has 1 fully saturated rings. The largest absolute Gasteiger partial charge is 0.378 e. The summed E-state index contributed by atoms with van der Waals surface area (Å²) >= 11 is 5.33. The molecule has 2 N–H and O–H groups in total. The zero-order valence-electron chi connectivity index (χ0n) is 14.1. The number of carbonyl (C=O) groups is 1. The van der Waals surface area contributed by atoms with Crippen molar-refractivity contribution < 1.29 is 9.53 Å². The van der Waals surface area contributed by atoms with Gasteiger partial charge in [0.25, 0.3) is 5.91 Å². The Morgan fingerprint density at radius 3 is 2.04 bits per heavy atom. The van der Waals surface area contributed by atoms with Gasteiger partial charge in [-0.1, -0.05) is 17.7 Å². The highest BCUT2D eigenvalue weighted by molar-refractivity contribution is 7.80. The van der Waals surface area contributed by atoms with Gasteiger partial charge in [0.15, 0.2) is 5.11 Å². The first-order chi connectivity index (χ1) is 12.1. The van der Waals surface area contributed by atoms with Crippen molar-refractivity contribution in [2.45, 2.75) is 6.92 Å². The molecule has 6 heteroatoms. The summed E-state index contributed by atoms with van der Waals surface area (Å²) in [7, 11) is 0. The molecule has 1 saturated heterocycles. The lowest BCUT2D eigenvalue weighted by atomic mass is 10.1. The summed E-state index contributed by atoms with van der Waals surface area (Å²) in [6.07, 6.45) is 0. The van der Waals surface area contributed by atoms with Crippen LogP contribution in [0.2, 0.25) is 0 Å². The first kappa shape index (κ1) is 17.4. The van der Waals surface area contributed by atoms with E-state index in [2.05, 4.69) is 10.6 Å². The fraction of sp³-hybridized carbons (Fsp3) is 0.263. The van der Waals surface area contributed by atoms with E-state index in [9.17, 15) is 4.79 Å². The molecular formula is C19H21N3O2S. The summed E-state index contributed by atoms with van der Waals surface area (Å²) in [5, 5.41) is 6.77. The monoisotopic (exact) mass is 355 g/mol. The lowest BCUT2D eigenvalue weighted by Crippen LogP contribution is -2.40. The highest BCUT2D eigenvalue weighted by atomic mass is 32.1. The van der Waals surface area contributed by atoms with Crippen molar-refractivity contribution in [1.82, 2.24) is 4.90 Å². The third-order valence-corrected chi connectivity index (χ3v) is 4.20. The number of aryl methyl sites for hydroxylation is 1. The van der Waals surface area contributed by atoms with Gasteiger partial charge in [0.05, 0.1) is 13.2 Å². The number of carbonyl (C=O) groups excluding carboxylic acids is 1. The van der Waals surface area contributed by atoms with E-state index in [0.717, 1.165) is 11.4 Å². The van der Waals surface area contributed by atoms with Crippen molar-refractivity contribution in [3.8, 4) is 0 Å². The summed E-state index contributed by atoms with van der Waals surface area (Å²) in [6, 6.07) is 15.4. The quantitative estimate of drug-likeness (QED) is 0.828. The third kappa shape index (κ3) is 4.78. The maximum Gasteiger partial charge on any atom is 0.254 e. The zero-order valence-corrected chi connectivity index (χ0v) is 14.9. The van der Waals surface area contributed by atoms with Gasteiger partial charge < -0.3 is 20.3 Å². The Balaban J connectivity index is 1.57. The van der Waals surface area contributed by atoms with Gasteiger partial charge in [-0.05, 0) is 55.5 Å². The highest BCUT2D eigenvalue weighted by Crippen LogP contribution is 2.14. The smallest absolute Gasteiger partial charge is 0.254 e. The van der Waals surface area contributed by atoms with Gasteiger partial charge in [0, 0.05) is 30.0 Å². The zero-order chi connectivity index (χ0) is 17.6. The molecule has 0 aromatic heterocycles. The predicted molar refractivity (Wildman–Crippen MR) is 104 cm³/mol. The lowest BCUT2D eigenvalue weighted by Gasteiger charge is -2.26. The Kier molecular flexibility index (Phi) is 5.63. The predicted octanol–water partition coefficient (Wildman–Crippen LogP) is 3.28. The van der Waals surface area contributed by atoms with Crippen molar-refractivity contribution in [3.05, 3.63) is 59.7 Å². The standard InChI is InChI=1S/C19H21N3O2S/c1-14-2-6-16(7-3-14)20-19(25)21-17-8-4-15(5-9-17)18(23)22-10-12-24-13-11-22/h2-9H,10-13H2,1H3,(H2,20,21,25). The van der Waals surface area contributed by atoms with Crippen LogP contribution in [0.15, 0.2) is 48.5 Å². The molecule has 0 atom stereocenters. The first-order valence-corrected chi connectivity index (χ1v) is 8.64. The van der Waals surface area contributed by atoms with Crippen LogP contribution in [-0.2, 0) is 4.74 Å². The molecule has 1 amide bonds. The molecule has 1 aliphatic rings. The Bertz CT molecular complexity index is 738. The minimum absolute atomic E-state index is 0.0372. The summed E-state index contributed by atoms with van der Waals surface area (Å²) in [4.78, 5) is 14.2. The van der Waals surface area contributed by atoms with Crippen molar-refractivity contribution >= 4 is 34.6 Å². The number of ether oxygens (including phenoxy) is 1. The summed E-state index contributed by atoms with van der Waals surface area (Å²) in [5.41, 5.74) is 3.64. The molecule has 25 heavy (non-hydrogen) atoms. The minimum atomic E-state index is 0.0372. The van der Waals surface area contributed by atoms with Gasteiger partial charge in [-0.3, -0.25) is 4.79 Å². The van der Waals surface area contributed by atoms with Crippen LogP contribution in [0.5, 0.6) is 0 Å². The van der Waals surface area contributed by atoms with E-state index in [4.69, 9.17) is 17.0 Å². The second-order valence-electron chi connectivity index (χ2n) is 5.93. The van der Waals surface area contributed by atoms with E-state index in [0.29, 0.717) is 37.0 Å². The molecular weight excluding hydrogens is 334 g/mol. The molecule has 0 spiro atoms. The van der Waals surface area contributed by atoms with E-state index in [-0.39, 0.29) is 5.91 Å². The number of nitrogens with one attached hydrogen (secondary N) is 2. The molecule has 2 aromatic carbocycles. The molecule has 0 radical (unpaired) electrons. The number of morpholine rings is 1. The summed E-state index contributed by atoms with van der Waals surface area (Å²) in [5.74, 6) is 0.0372. The minimum Gasteiger partial charge on any atom is -0.378 e. The topological polar surface area (TPSA) is 53.6 Å². The van der Waals surface area contributed by atoms with Crippen molar-refractivity contribution in [2.24, 2.45) is 0 Å². The molecule has 0 bridgehead atoms. The second-order valence-corrected chi connectivity index (χ2v) is 6.34. The maximum atomic E-state index is 12.4. The van der Waals surface area contributed by atoms with Gasteiger partial charge in [-0.15, -0.1) is 0 Å². The highest BCUT2D eigenvalue weighted by Gasteiger charge is 2.18. The van der Waals surface area contributed by atoms with Crippen LogP contribution in [0.3, 0.4) is 0 Å². The summed E-state index contributed by atoms with van der Waals surface area (Å²) in [6.45, 7) is 4.53. The number of benzene rings is 2. The Labute approximate surface area is 153 Å². The van der Waals surface area contributed by atoms with E-state index >= 15 is 0 Å². The number of hydrogen-bond donors (Lipinski definition) is 2. The van der Waals surface area contributed by atoms with Crippen LogP contribution in [0.25, 0.3) is 0 Å². The van der Waals surface area contributed by atoms with Crippen LogP contribution >= 0.6 is 12.2 Å². The number of anilines is 2. The van der Waals surface area contributed by atoms with E-state index in [1.807, 2.05) is 60.4 Å². The average molecular weight is 355 g/mol. The molecule has 1 aliphatic heterocycles. The molecule has 3 rings (SSSR count). The Morgan fingerprint density at radius 1 is 0.960 bits per heavy atom. The molecule has 0 saturated carbocycles. The average Bonchev–Trinajstić information content (AvgIpc) is 2.64. The number of hydrogen-bond acceptors (Lipinski definition) is 3. The number of amides is 1. The van der Waals surface area contributed by atoms with Crippen LogP contribution < -0.4 is 10.6 Å². The first-order valence-electron chi connectivity index (χ1n) is 8.23. The normalized spacial score (nSPS) is 14.0. The van der Waals surface area contributed by atoms with Crippen molar-refractivity contribution in [2.75, 3.05) is 36.9 Å². The van der Waals surface area contributed by atoms with Gasteiger partial charge in [-0.2, -0.15) is 0 Å². The van der Waals surface area contributed by atoms with Crippen LogP contribution in [0.1, 0.15) is 15.9 Å². The van der Waals surface area contributed by atoms with Gasteiger partial charge in [0.1, 0.15) is 0 Å². The van der Waals surface area contributed by atoms with E-state index in [1.54, 1.807) is 0 Å². The Morgan fingerprint density at radius 2 is 1.48 bits per heavy atom. The second kappa shape index (κ2) is 8.09. The van der Waals surface area contributed by atoms with Crippen molar-refractivity contribution in [1.29, 1.82) is 0 Å². The van der Waals surface area contributed by atoms with Gasteiger partial charge in [-0.25, -0.2) is 0 Å². The Hall–Kier alpha value is -2.44. The summed E-state index contributed by atoms with van der Waals surface area (Å²) < 4.78 is 5.28. The SMILES string of the molecule is Cc1ccc(NC(=S)Nc2ccc(C(=O)N3CCOCC3)cc2)cc1. The molecule has 1 heterocycles. The van der Waals surface area contributed by atoms with Crippen molar-refractivity contribution in [3.63, 3.8) is 0 Å². The van der Waals surface area contributed by atoms with Crippen LogP contribution in [0, 0.1) is 6.92 Å². The number of nitrogens with zero attached hydrogens (tertiary/aromatic N) is 1. The van der Waals surface area contributed by atoms with E-state index in [1.165, 1.54) is 5.56 Å². The fourth-order valence-corrected chi connectivity index (χ4v) is 2.81. The van der Waals surface area contributed by atoms with Gasteiger partial charge >= 0.3 is 0 Å². The fourth-order valence-electron chi connectivity index (χ4n) is 2.58.